The smallest absolute Gasteiger partial charge is 0.357 e. The van der Waals surface area contributed by atoms with Gasteiger partial charge in [-0.3, -0.25) is 19.3 Å². The van der Waals surface area contributed by atoms with Gasteiger partial charge in [0.2, 0.25) is 17.8 Å². The third kappa shape index (κ3) is 5.61. The van der Waals surface area contributed by atoms with E-state index >= 15 is 0 Å². The number of amides is 2. The summed E-state index contributed by atoms with van der Waals surface area (Å²) < 4.78 is 14.0. The van der Waals surface area contributed by atoms with Crippen molar-refractivity contribution in [3.8, 4) is 0 Å². The third-order valence-electron chi connectivity index (χ3n) is 5.61. The van der Waals surface area contributed by atoms with Crippen molar-refractivity contribution in [3.05, 3.63) is 17.6 Å². The number of fused-ring (bicyclic) bond motifs is 1. The first-order valence-corrected chi connectivity index (χ1v) is 13.1. The van der Waals surface area contributed by atoms with Gasteiger partial charge in [0.05, 0.1) is 0 Å². The second kappa shape index (κ2) is 10.8. The molecule has 194 valence electrons. The third-order valence-corrected chi connectivity index (χ3v) is 7.48. The Labute approximate surface area is 214 Å². The van der Waals surface area contributed by atoms with E-state index in [0.717, 1.165) is 37.2 Å². The molecule has 4 rings (SSSR count). The monoisotopic (exact) mass is 538 g/mol. The Balaban J connectivity index is 1.46. The molecule has 1 saturated carbocycles. The number of β-lactam (4-membered cyclic amide) rings is 1. The number of aromatic nitrogens is 2. The van der Waals surface area contributed by atoms with E-state index in [-0.39, 0.29) is 33.7 Å². The van der Waals surface area contributed by atoms with Crippen LogP contribution < -0.4 is 11.1 Å². The highest BCUT2D eigenvalue weighted by Gasteiger charge is 2.54. The number of oxime groups is 1. The number of esters is 2. The summed E-state index contributed by atoms with van der Waals surface area (Å²) in [5, 5.41) is 6.12. The van der Waals surface area contributed by atoms with E-state index < -0.39 is 41.5 Å². The molecular weight excluding hydrogens is 512 g/mol. The second-order valence-electron chi connectivity index (χ2n) is 8.43. The van der Waals surface area contributed by atoms with Crippen LogP contribution in [0.2, 0.25) is 0 Å². The summed E-state index contributed by atoms with van der Waals surface area (Å²) in [7, 11) is 0. The summed E-state index contributed by atoms with van der Waals surface area (Å²) in [4.78, 5) is 60.7. The van der Waals surface area contributed by atoms with Gasteiger partial charge in [-0.15, -0.1) is 11.8 Å². The molecular formula is C21H26N6O7S2. The predicted octanol–water partition coefficient (Wildman–Crippen LogP) is 0.908. The average Bonchev–Trinajstić information content (AvgIpc) is 3.48. The lowest BCUT2D eigenvalue weighted by atomic mass is 10.0. The molecule has 3 unspecified atom stereocenters. The summed E-state index contributed by atoms with van der Waals surface area (Å²) >= 11 is 2.30. The molecule has 13 nitrogen and oxygen atoms in total. The maximum absolute atomic E-state index is 13.2. The number of nitrogens with one attached hydrogen (secondary N) is 1. The quantitative estimate of drug-likeness (QED) is 0.158. The van der Waals surface area contributed by atoms with Crippen molar-refractivity contribution in [2.75, 3.05) is 5.73 Å². The fourth-order valence-corrected chi connectivity index (χ4v) is 5.80. The molecule has 15 heteroatoms. The molecule has 0 aromatic carbocycles. The van der Waals surface area contributed by atoms with Crippen LogP contribution in [0.25, 0.3) is 0 Å². The Bertz CT molecular complexity index is 1120. The van der Waals surface area contributed by atoms with E-state index in [9.17, 15) is 19.2 Å². The summed E-state index contributed by atoms with van der Waals surface area (Å²) in [5.74, 6) is -2.61. The number of ether oxygens (including phenoxy) is 2. The van der Waals surface area contributed by atoms with Gasteiger partial charge in [-0.1, -0.05) is 5.16 Å². The highest BCUT2D eigenvalue weighted by molar-refractivity contribution is 8.00. The number of hydrogen-bond acceptors (Lipinski definition) is 13. The van der Waals surface area contributed by atoms with Crippen LogP contribution in [0.3, 0.4) is 0 Å². The maximum Gasteiger partial charge on any atom is 0.357 e. The fourth-order valence-electron chi connectivity index (χ4n) is 4.04. The van der Waals surface area contributed by atoms with Crippen molar-refractivity contribution >= 4 is 57.9 Å². The van der Waals surface area contributed by atoms with E-state index in [4.69, 9.17) is 20.0 Å². The molecule has 1 aromatic heterocycles. The molecule has 3 N–H and O–H groups in total. The summed E-state index contributed by atoms with van der Waals surface area (Å²) in [6.07, 6.45) is 4.06. The molecule has 1 aliphatic carbocycles. The van der Waals surface area contributed by atoms with Gasteiger partial charge in [0.15, 0.2) is 5.13 Å². The zero-order chi connectivity index (χ0) is 26.0. The Kier molecular flexibility index (Phi) is 7.78. The summed E-state index contributed by atoms with van der Waals surface area (Å²) in [6, 6.07) is -0.931. The number of nitrogens with zero attached hydrogens (tertiary/aromatic N) is 4. The van der Waals surface area contributed by atoms with Crippen LogP contribution in [-0.2, 0) is 33.5 Å². The highest BCUT2D eigenvalue weighted by atomic mass is 32.2. The predicted molar refractivity (Wildman–Crippen MR) is 129 cm³/mol. The summed E-state index contributed by atoms with van der Waals surface area (Å²) in [5.41, 5.74) is 5.52. The minimum absolute atomic E-state index is 0.00455. The van der Waals surface area contributed by atoms with Crippen molar-refractivity contribution in [1.82, 2.24) is 19.6 Å². The molecule has 0 bridgehead atoms. The van der Waals surface area contributed by atoms with E-state index in [1.165, 1.54) is 30.5 Å². The van der Waals surface area contributed by atoms with E-state index in [2.05, 4.69) is 19.8 Å². The average molecular weight is 539 g/mol. The van der Waals surface area contributed by atoms with Gasteiger partial charge in [-0.05, 0) is 38.7 Å². The molecule has 2 amide bonds. The van der Waals surface area contributed by atoms with Crippen LogP contribution in [0.5, 0.6) is 0 Å². The number of nitrogen functional groups attached to an aromatic ring is 1. The van der Waals surface area contributed by atoms with Gasteiger partial charge in [-0.2, -0.15) is 9.36 Å². The zero-order valence-electron chi connectivity index (χ0n) is 19.8. The molecule has 4 atom stereocenters. The zero-order valence-corrected chi connectivity index (χ0v) is 21.5. The lowest BCUT2D eigenvalue weighted by molar-refractivity contribution is -0.182. The molecule has 1 saturated heterocycles. The second-order valence-corrected chi connectivity index (χ2v) is 10.7. The number of thioether (sulfide) groups is 1. The van der Waals surface area contributed by atoms with Crippen molar-refractivity contribution < 1.29 is 33.5 Å². The van der Waals surface area contributed by atoms with Gasteiger partial charge in [0.25, 0.3) is 11.8 Å². The maximum atomic E-state index is 13.2. The van der Waals surface area contributed by atoms with Crippen molar-refractivity contribution in [2.24, 2.45) is 5.16 Å². The SMILES string of the molecule is CC(=O)OC(C)OC(=O)C1=CC(C)S[C@@H]2C(NC(=O)/C(=N\OC3CCCC3)c3nsc(N)n3)C(=O)N12. The minimum atomic E-state index is -1.12. The van der Waals surface area contributed by atoms with Gasteiger partial charge in [-0.25, -0.2) is 4.79 Å². The molecule has 0 spiro atoms. The van der Waals surface area contributed by atoms with E-state index in [1.54, 1.807) is 6.08 Å². The van der Waals surface area contributed by atoms with Crippen LogP contribution in [0.1, 0.15) is 52.3 Å². The van der Waals surface area contributed by atoms with Crippen molar-refractivity contribution in [3.63, 3.8) is 0 Å². The molecule has 3 aliphatic rings. The molecule has 0 radical (unpaired) electrons. The lowest BCUT2D eigenvalue weighted by Crippen LogP contribution is -2.71. The molecule has 3 heterocycles. The van der Waals surface area contributed by atoms with Crippen molar-refractivity contribution in [2.45, 2.75) is 75.5 Å². The van der Waals surface area contributed by atoms with Gasteiger partial charge in [0.1, 0.15) is 23.2 Å². The number of nitrogens with two attached hydrogens (primary N) is 1. The van der Waals surface area contributed by atoms with Gasteiger partial charge < -0.3 is 25.4 Å². The van der Waals surface area contributed by atoms with Gasteiger partial charge in [0, 0.05) is 30.6 Å². The number of rotatable bonds is 8. The molecule has 36 heavy (non-hydrogen) atoms. The Hall–Kier alpha value is -3.20. The minimum Gasteiger partial charge on any atom is -0.426 e. The molecule has 2 aliphatic heterocycles. The van der Waals surface area contributed by atoms with Crippen LogP contribution in [0, 0.1) is 0 Å². The van der Waals surface area contributed by atoms with Crippen molar-refractivity contribution in [1.29, 1.82) is 0 Å². The van der Waals surface area contributed by atoms with Crippen LogP contribution >= 0.6 is 23.3 Å². The van der Waals surface area contributed by atoms with Crippen LogP contribution in [0.15, 0.2) is 16.9 Å². The topological polar surface area (TPSA) is 175 Å². The van der Waals surface area contributed by atoms with E-state index in [0.29, 0.717) is 0 Å². The van der Waals surface area contributed by atoms with Crippen LogP contribution in [-0.4, -0.2) is 72.8 Å². The normalized spacial score (nSPS) is 24.8. The lowest BCUT2D eigenvalue weighted by Gasteiger charge is -2.49. The van der Waals surface area contributed by atoms with Crippen LogP contribution in [0.4, 0.5) is 5.13 Å². The largest absolute Gasteiger partial charge is 0.426 e. The Morgan fingerprint density at radius 3 is 2.64 bits per heavy atom. The number of carbonyl (C=O) groups is 4. The standard InChI is InChI=1S/C21H26N6O7S2/c1-9-8-13(20(31)33-11(3)32-10(2)28)27-18(30)15(19(27)35-9)23-17(29)14(16-24-21(22)36-26-16)25-34-12-6-4-5-7-12/h8-9,11-12,15,19H,4-7H2,1-3H3,(H,23,29)(H2,22,24,26)/b25-14-/t9?,11?,15?,19-/m1/s1. The number of hydrogen-bond donors (Lipinski definition) is 2. The first-order valence-electron chi connectivity index (χ1n) is 11.4. The highest BCUT2D eigenvalue weighted by Crippen LogP contribution is 2.41. The first kappa shape index (κ1) is 25.9. The summed E-state index contributed by atoms with van der Waals surface area (Å²) in [6.45, 7) is 4.43. The first-order chi connectivity index (χ1) is 17.1. The Morgan fingerprint density at radius 1 is 1.28 bits per heavy atom. The number of anilines is 1. The van der Waals surface area contributed by atoms with E-state index in [1.807, 2.05) is 6.92 Å². The molecule has 2 fully saturated rings. The van der Waals surface area contributed by atoms with Gasteiger partial charge >= 0.3 is 11.9 Å². The fraction of sp³-hybridized carbons (Fsp3) is 0.571. The molecule has 1 aromatic rings. The number of carbonyl (C=O) groups excluding carboxylic acids is 4. The Morgan fingerprint density at radius 2 is 2.00 bits per heavy atom.